The monoisotopic (exact) mass is 235 g/mol. The van der Waals surface area contributed by atoms with Crippen LogP contribution in [-0.4, -0.2) is 23.1 Å². The predicted octanol–water partition coefficient (Wildman–Crippen LogP) is 2.18. The summed E-state index contributed by atoms with van der Waals surface area (Å²) in [6, 6.07) is 7.61. The zero-order valence-electron chi connectivity index (χ0n) is 9.18. The van der Waals surface area contributed by atoms with E-state index in [-0.39, 0.29) is 0 Å². The molecule has 0 unspecified atom stereocenters. The van der Waals surface area contributed by atoms with E-state index in [2.05, 4.69) is 5.10 Å². The number of ether oxygens (including phenoxy) is 1. The molecule has 2 N–H and O–H groups in total. The normalized spacial score (nSPS) is 10.4. The maximum absolute atomic E-state index is 5.96. The largest absolute Gasteiger partial charge is 0.497 e. The van der Waals surface area contributed by atoms with Crippen LogP contribution in [0.5, 0.6) is 5.75 Å². The van der Waals surface area contributed by atoms with Crippen molar-refractivity contribution in [3.63, 3.8) is 0 Å². The first kappa shape index (κ1) is 10.9. The third kappa shape index (κ3) is 1.86. The van der Waals surface area contributed by atoms with Gasteiger partial charge in [-0.05, 0) is 30.5 Å². The minimum absolute atomic E-state index is 0.665. The van der Waals surface area contributed by atoms with Crippen molar-refractivity contribution in [2.24, 2.45) is 0 Å². The summed E-state index contributed by atoms with van der Waals surface area (Å²) < 4.78 is 6.81. The summed E-state index contributed by atoms with van der Waals surface area (Å²) in [6.45, 7) is 0. The Morgan fingerprint density at radius 1 is 1.31 bits per heavy atom. The van der Waals surface area contributed by atoms with Crippen molar-refractivity contribution in [2.45, 2.75) is 4.90 Å². The molecule has 0 aliphatic rings. The molecule has 2 aromatic rings. The number of hydrogen-bond acceptors (Lipinski definition) is 4. The number of aromatic nitrogens is 2. The summed E-state index contributed by atoms with van der Waals surface area (Å²) in [4.78, 5) is 0.982. The van der Waals surface area contributed by atoms with Crippen LogP contribution in [-0.2, 0) is 0 Å². The van der Waals surface area contributed by atoms with E-state index >= 15 is 0 Å². The van der Waals surface area contributed by atoms with Crippen molar-refractivity contribution < 1.29 is 4.74 Å². The molecule has 5 heteroatoms. The van der Waals surface area contributed by atoms with Crippen molar-refractivity contribution in [3.8, 4) is 11.4 Å². The van der Waals surface area contributed by atoms with Gasteiger partial charge >= 0.3 is 0 Å². The summed E-state index contributed by atoms with van der Waals surface area (Å²) in [5, 5.41) is 4.24. The van der Waals surface area contributed by atoms with Gasteiger partial charge in [0.25, 0.3) is 0 Å². The highest BCUT2D eigenvalue weighted by Gasteiger charge is 2.07. The van der Waals surface area contributed by atoms with Crippen LogP contribution in [0.15, 0.2) is 35.4 Å². The van der Waals surface area contributed by atoms with E-state index in [1.165, 1.54) is 0 Å². The number of nitrogens with two attached hydrogens (primary N) is 1. The second-order valence-electron chi connectivity index (χ2n) is 3.21. The quantitative estimate of drug-likeness (QED) is 0.828. The van der Waals surface area contributed by atoms with Gasteiger partial charge in [-0.3, -0.25) is 0 Å². The molecule has 0 aliphatic heterocycles. The number of rotatable bonds is 3. The maximum atomic E-state index is 5.96. The van der Waals surface area contributed by atoms with E-state index in [1.807, 2.05) is 30.5 Å². The lowest BCUT2D eigenvalue weighted by atomic mass is 10.3. The summed E-state index contributed by atoms with van der Waals surface area (Å²) in [5.74, 6) is 1.48. The second kappa shape index (κ2) is 4.49. The highest BCUT2D eigenvalue weighted by Crippen LogP contribution is 2.25. The molecule has 0 fully saturated rings. The van der Waals surface area contributed by atoms with Crippen molar-refractivity contribution in [2.75, 3.05) is 19.1 Å². The zero-order chi connectivity index (χ0) is 11.5. The molecule has 0 spiro atoms. The van der Waals surface area contributed by atoms with Gasteiger partial charge in [-0.15, -0.1) is 11.8 Å². The average Bonchev–Trinajstić information content (AvgIpc) is 2.70. The van der Waals surface area contributed by atoms with Gasteiger partial charge < -0.3 is 10.5 Å². The maximum Gasteiger partial charge on any atom is 0.140 e. The third-order valence-corrected chi connectivity index (χ3v) is 3.06. The molecule has 0 saturated heterocycles. The van der Waals surface area contributed by atoms with Gasteiger partial charge in [0.2, 0.25) is 0 Å². The van der Waals surface area contributed by atoms with Crippen LogP contribution in [0.3, 0.4) is 0 Å². The first-order chi connectivity index (χ1) is 7.76. The molecule has 4 nitrogen and oxygen atoms in total. The molecular formula is C11H13N3OS. The number of benzene rings is 1. The Hall–Kier alpha value is -1.62. The fraction of sp³-hybridized carbons (Fsp3) is 0.182. The van der Waals surface area contributed by atoms with E-state index in [9.17, 15) is 0 Å². The van der Waals surface area contributed by atoms with Crippen molar-refractivity contribution >= 4 is 17.6 Å². The Kier molecular flexibility index (Phi) is 3.05. The van der Waals surface area contributed by atoms with Gasteiger partial charge in [-0.25, -0.2) is 4.68 Å². The molecule has 1 heterocycles. The SMILES string of the molecule is COc1ccc(-n2ncc(SC)c2N)cc1. The third-order valence-electron chi connectivity index (χ3n) is 2.31. The highest BCUT2D eigenvalue weighted by atomic mass is 32.2. The summed E-state index contributed by atoms with van der Waals surface area (Å²) in [6.07, 6.45) is 3.75. The number of hydrogen-bond donors (Lipinski definition) is 1. The van der Waals surface area contributed by atoms with Gasteiger partial charge in [-0.1, -0.05) is 0 Å². The van der Waals surface area contributed by atoms with Crippen LogP contribution in [0.4, 0.5) is 5.82 Å². The van der Waals surface area contributed by atoms with E-state index in [1.54, 1.807) is 29.8 Å². The van der Waals surface area contributed by atoms with Gasteiger partial charge in [0.05, 0.1) is 23.9 Å². The number of thioether (sulfide) groups is 1. The lowest BCUT2D eigenvalue weighted by Gasteiger charge is -2.05. The summed E-state index contributed by atoms with van der Waals surface area (Å²) in [5.41, 5.74) is 6.89. The van der Waals surface area contributed by atoms with E-state index < -0.39 is 0 Å². The molecule has 0 amide bonds. The van der Waals surface area contributed by atoms with E-state index in [0.717, 1.165) is 16.3 Å². The van der Waals surface area contributed by atoms with Crippen LogP contribution in [0, 0.1) is 0 Å². The smallest absolute Gasteiger partial charge is 0.140 e. The molecule has 0 atom stereocenters. The van der Waals surface area contributed by atoms with Crippen LogP contribution < -0.4 is 10.5 Å². The molecule has 0 radical (unpaired) electrons. The number of anilines is 1. The summed E-state index contributed by atoms with van der Waals surface area (Å²) in [7, 11) is 1.64. The molecule has 84 valence electrons. The molecule has 16 heavy (non-hydrogen) atoms. The van der Waals surface area contributed by atoms with Crippen molar-refractivity contribution in [1.82, 2.24) is 9.78 Å². The second-order valence-corrected chi connectivity index (χ2v) is 4.06. The molecular weight excluding hydrogens is 222 g/mol. The van der Waals surface area contributed by atoms with Crippen molar-refractivity contribution in [1.29, 1.82) is 0 Å². The standard InChI is InChI=1S/C11H13N3OS/c1-15-9-5-3-8(4-6-9)14-11(12)10(16-2)7-13-14/h3-7H,12H2,1-2H3. The molecule has 0 saturated carbocycles. The molecule has 2 rings (SSSR count). The Morgan fingerprint density at radius 2 is 2.00 bits per heavy atom. The molecule has 0 bridgehead atoms. The summed E-state index contributed by atoms with van der Waals surface area (Å²) >= 11 is 1.59. The average molecular weight is 235 g/mol. The zero-order valence-corrected chi connectivity index (χ0v) is 9.99. The van der Waals surface area contributed by atoms with Crippen LogP contribution in [0.25, 0.3) is 5.69 Å². The fourth-order valence-corrected chi connectivity index (χ4v) is 1.88. The fourth-order valence-electron chi connectivity index (χ4n) is 1.43. The molecule has 0 aliphatic carbocycles. The van der Waals surface area contributed by atoms with Crippen molar-refractivity contribution in [3.05, 3.63) is 30.5 Å². The predicted molar refractivity (Wildman–Crippen MR) is 66.3 cm³/mol. The first-order valence-corrected chi connectivity index (χ1v) is 6.00. The van der Waals surface area contributed by atoms with Crippen LogP contribution in [0.2, 0.25) is 0 Å². The Balaban J connectivity index is 2.38. The lowest BCUT2D eigenvalue weighted by molar-refractivity contribution is 0.414. The lowest BCUT2D eigenvalue weighted by Crippen LogP contribution is -2.01. The Bertz CT molecular complexity index is 478. The van der Waals surface area contributed by atoms with Gasteiger partial charge in [0, 0.05) is 0 Å². The number of methoxy groups -OCH3 is 1. The van der Waals surface area contributed by atoms with Crippen LogP contribution in [0.1, 0.15) is 0 Å². The topological polar surface area (TPSA) is 53.1 Å². The highest BCUT2D eigenvalue weighted by molar-refractivity contribution is 7.98. The van der Waals surface area contributed by atoms with Crippen LogP contribution >= 0.6 is 11.8 Å². The van der Waals surface area contributed by atoms with Gasteiger partial charge in [0.1, 0.15) is 11.6 Å². The minimum Gasteiger partial charge on any atom is -0.497 e. The molecule has 1 aromatic heterocycles. The number of nitrogen functional groups attached to an aromatic ring is 1. The first-order valence-electron chi connectivity index (χ1n) is 4.78. The van der Waals surface area contributed by atoms with Gasteiger partial charge in [0.15, 0.2) is 0 Å². The number of nitrogens with zero attached hydrogens (tertiary/aromatic N) is 2. The molecule has 1 aromatic carbocycles. The van der Waals surface area contributed by atoms with E-state index in [4.69, 9.17) is 10.5 Å². The Labute approximate surface area is 98.4 Å². The van der Waals surface area contributed by atoms with E-state index in [0.29, 0.717) is 5.82 Å². The Morgan fingerprint density at radius 3 is 2.50 bits per heavy atom. The minimum atomic E-state index is 0.665. The van der Waals surface area contributed by atoms with Gasteiger partial charge in [-0.2, -0.15) is 5.10 Å².